The van der Waals surface area contributed by atoms with Gasteiger partial charge in [-0.3, -0.25) is 19.3 Å². The summed E-state index contributed by atoms with van der Waals surface area (Å²) in [4.78, 5) is 38.5. The van der Waals surface area contributed by atoms with Gasteiger partial charge in [-0.2, -0.15) is 0 Å². The summed E-state index contributed by atoms with van der Waals surface area (Å²) >= 11 is 4.06. The minimum Gasteiger partial charge on any atom is -0.488 e. The fraction of sp³-hybridized carbons (Fsp3) is 0.0800. The number of benzene rings is 3. The van der Waals surface area contributed by atoms with Crippen molar-refractivity contribution in [1.29, 1.82) is 0 Å². The Balaban J connectivity index is 1.49. The lowest BCUT2D eigenvalue weighted by atomic mass is 10.1. The monoisotopic (exact) mass is 558 g/mol. The van der Waals surface area contributed by atoms with E-state index in [2.05, 4.69) is 21.2 Å². The highest BCUT2D eigenvalue weighted by molar-refractivity contribution is 9.10. The Labute approximate surface area is 212 Å². The number of amides is 3. The van der Waals surface area contributed by atoms with Crippen LogP contribution in [0.1, 0.15) is 11.1 Å². The van der Waals surface area contributed by atoms with Gasteiger partial charge in [0.05, 0.1) is 10.6 Å². The van der Waals surface area contributed by atoms with E-state index in [9.17, 15) is 23.2 Å². The maximum Gasteiger partial charge on any atom is 0.294 e. The highest BCUT2D eigenvalue weighted by Crippen LogP contribution is 2.35. The van der Waals surface area contributed by atoms with E-state index in [0.29, 0.717) is 33.1 Å². The van der Waals surface area contributed by atoms with Crippen LogP contribution in [0.25, 0.3) is 6.08 Å². The average molecular weight is 559 g/mol. The quantitative estimate of drug-likeness (QED) is 0.361. The third kappa shape index (κ3) is 6.14. The van der Waals surface area contributed by atoms with Gasteiger partial charge >= 0.3 is 0 Å². The van der Waals surface area contributed by atoms with E-state index in [1.165, 1.54) is 36.4 Å². The van der Waals surface area contributed by atoms with E-state index in [0.717, 1.165) is 4.90 Å². The summed E-state index contributed by atoms with van der Waals surface area (Å²) in [6.07, 6.45) is 1.49. The first kappa shape index (κ1) is 24.6. The molecule has 0 aliphatic carbocycles. The summed E-state index contributed by atoms with van der Waals surface area (Å²) < 4.78 is 33.8. The number of nitrogens with zero attached hydrogens (tertiary/aromatic N) is 1. The van der Waals surface area contributed by atoms with Gasteiger partial charge in [0.15, 0.2) is 0 Å². The summed E-state index contributed by atoms with van der Waals surface area (Å²) in [5.74, 6) is -1.95. The third-order valence-electron chi connectivity index (χ3n) is 4.87. The first-order chi connectivity index (χ1) is 16.8. The zero-order valence-electron chi connectivity index (χ0n) is 18.0. The smallest absolute Gasteiger partial charge is 0.294 e. The van der Waals surface area contributed by atoms with Crippen molar-refractivity contribution >= 4 is 56.5 Å². The molecule has 3 amide bonds. The molecule has 1 fully saturated rings. The lowest BCUT2D eigenvalue weighted by Gasteiger charge is -2.13. The van der Waals surface area contributed by atoms with Crippen molar-refractivity contribution in [1.82, 2.24) is 4.90 Å². The Morgan fingerprint density at radius 3 is 2.63 bits per heavy atom. The number of ether oxygens (including phenoxy) is 1. The number of para-hydroxylation sites is 1. The maximum absolute atomic E-state index is 13.8. The molecule has 1 aliphatic heterocycles. The van der Waals surface area contributed by atoms with Gasteiger partial charge in [0, 0.05) is 10.0 Å². The SMILES string of the molecule is O=C(CN1C(=O)S/C(=C\c2cc(Br)ccc2OCc2cccc(F)c2)C1=O)Nc1ccccc1F. The van der Waals surface area contributed by atoms with E-state index in [1.54, 1.807) is 36.4 Å². The van der Waals surface area contributed by atoms with Crippen LogP contribution in [0.4, 0.5) is 19.3 Å². The first-order valence-corrected chi connectivity index (χ1v) is 11.9. The molecule has 3 aromatic carbocycles. The zero-order valence-corrected chi connectivity index (χ0v) is 20.4. The molecule has 35 heavy (non-hydrogen) atoms. The van der Waals surface area contributed by atoms with Crippen LogP contribution in [-0.4, -0.2) is 28.5 Å². The predicted molar refractivity (Wildman–Crippen MR) is 133 cm³/mol. The molecular weight excluding hydrogens is 542 g/mol. The first-order valence-electron chi connectivity index (χ1n) is 10.3. The fourth-order valence-electron chi connectivity index (χ4n) is 3.22. The largest absolute Gasteiger partial charge is 0.488 e. The molecular formula is C25H17BrF2N2O4S. The van der Waals surface area contributed by atoms with E-state index >= 15 is 0 Å². The van der Waals surface area contributed by atoms with Crippen molar-refractivity contribution in [3.63, 3.8) is 0 Å². The summed E-state index contributed by atoms with van der Waals surface area (Å²) in [6, 6.07) is 16.7. The van der Waals surface area contributed by atoms with E-state index in [1.807, 2.05) is 0 Å². The van der Waals surface area contributed by atoms with E-state index < -0.39 is 29.4 Å². The van der Waals surface area contributed by atoms with Gasteiger partial charge in [0.2, 0.25) is 5.91 Å². The van der Waals surface area contributed by atoms with Gasteiger partial charge in [-0.25, -0.2) is 8.78 Å². The average Bonchev–Trinajstić information content (AvgIpc) is 3.07. The molecule has 0 saturated carbocycles. The Kier molecular flexibility index (Phi) is 7.62. The lowest BCUT2D eigenvalue weighted by molar-refractivity contribution is -0.127. The number of hydrogen-bond acceptors (Lipinski definition) is 5. The number of rotatable bonds is 7. The molecule has 0 radical (unpaired) electrons. The topological polar surface area (TPSA) is 75.7 Å². The Bertz CT molecular complexity index is 1350. The summed E-state index contributed by atoms with van der Waals surface area (Å²) in [5, 5.41) is 1.73. The van der Waals surface area contributed by atoms with Crippen LogP contribution in [-0.2, 0) is 16.2 Å². The number of carbonyl (C=O) groups is 3. The molecule has 4 rings (SSSR count). The van der Waals surface area contributed by atoms with Gasteiger partial charge in [-0.05, 0) is 65.9 Å². The van der Waals surface area contributed by atoms with Crippen molar-refractivity contribution < 1.29 is 27.9 Å². The van der Waals surface area contributed by atoms with Crippen molar-refractivity contribution in [2.75, 3.05) is 11.9 Å². The van der Waals surface area contributed by atoms with Crippen LogP contribution in [0.15, 0.2) is 76.1 Å². The van der Waals surface area contributed by atoms with Crippen molar-refractivity contribution in [3.05, 3.63) is 98.9 Å². The van der Waals surface area contributed by atoms with Crippen molar-refractivity contribution in [3.8, 4) is 5.75 Å². The standard InChI is InChI=1S/C25H17BrF2N2O4S/c26-17-8-9-21(34-14-15-4-3-5-18(27)10-15)16(11-17)12-22-24(32)30(25(33)35-22)13-23(31)29-20-7-2-1-6-19(20)28/h1-12H,13-14H2,(H,29,31)/b22-12-. The van der Waals surface area contributed by atoms with Gasteiger partial charge in [-0.15, -0.1) is 0 Å². The van der Waals surface area contributed by atoms with Crippen LogP contribution in [0, 0.1) is 11.6 Å². The zero-order chi connectivity index (χ0) is 24.9. The number of anilines is 1. The van der Waals surface area contributed by atoms with Crippen LogP contribution in [0.2, 0.25) is 0 Å². The maximum atomic E-state index is 13.8. The molecule has 0 atom stereocenters. The van der Waals surface area contributed by atoms with Crippen LogP contribution in [0.3, 0.4) is 0 Å². The Morgan fingerprint density at radius 1 is 1.06 bits per heavy atom. The van der Waals surface area contributed by atoms with E-state index in [-0.39, 0.29) is 23.0 Å². The molecule has 10 heteroatoms. The second-order valence-electron chi connectivity index (χ2n) is 7.40. The predicted octanol–water partition coefficient (Wildman–Crippen LogP) is 5.98. The van der Waals surface area contributed by atoms with Crippen LogP contribution < -0.4 is 10.1 Å². The molecule has 1 saturated heterocycles. The number of nitrogens with one attached hydrogen (secondary N) is 1. The molecule has 1 aliphatic rings. The van der Waals surface area contributed by atoms with Gasteiger partial charge in [-0.1, -0.05) is 40.2 Å². The minimum atomic E-state index is -0.708. The van der Waals surface area contributed by atoms with Gasteiger partial charge in [0.25, 0.3) is 11.1 Å². The van der Waals surface area contributed by atoms with Crippen molar-refractivity contribution in [2.45, 2.75) is 6.61 Å². The summed E-state index contributed by atoms with van der Waals surface area (Å²) in [7, 11) is 0. The Morgan fingerprint density at radius 2 is 1.86 bits per heavy atom. The second-order valence-corrected chi connectivity index (χ2v) is 9.31. The van der Waals surface area contributed by atoms with E-state index in [4.69, 9.17) is 4.74 Å². The number of thioether (sulfide) groups is 1. The fourth-order valence-corrected chi connectivity index (χ4v) is 4.43. The van der Waals surface area contributed by atoms with Gasteiger partial charge in [0.1, 0.15) is 30.5 Å². The second kappa shape index (κ2) is 10.8. The summed E-state index contributed by atoms with van der Waals surface area (Å²) in [6.45, 7) is -0.463. The highest BCUT2D eigenvalue weighted by Gasteiger charge is 2.36. The molecule has 6 nitrogen and oxygen atoms in total. The Hall–Kier alpha value is -3.50. The molecule has 1 heterocycles. The normalized spacial score (nSPS) is 14.5. The molecule has 0 unspecified atom stereocenters. The number of carbonyl (C=O) groups excluding carboxylic acids is 3. The molecule has 0 bridgehead atoms. The van der Waals surface area contributed by atoms with Gasteiger partial charge < -0.3 is 10.1 Å². The third-order valence-corrected chi connectivity index (χ3v) is 6.27. The number of imide groups is 1. The van der Waals surface area contributed by atoms with Crippen molar-refractivity contribution in [2.24, 2.45) is 0 Å². The molecule has 1 N–H and O–H groups in total. The highest BCUT2D eigenvalue weighted by atomic mass is 79.9. The molecule has 178 valence electrons. The summed E-state index contributed by atoms with van der Waals surface area (Å²) in [5.41, 5.74) is 1.09. The molecule has 3 aromatic rings. The molecule has 0 spiro atoms. The number of hydrogen-bond donors (Lipinski definition) is 1. The minimum absolute atomic E-state index is 0.0470. The van der Waals surface area contributed by atoms with Crippen LogP contribution in [0.5, 0.6) is 5.75 Å². The number of halogens is 3. The lowest BCUT2D eigenvalue weighted by Crippen LogP contribution is -2.36. The van der Waals surface area contributed by atoms with Crippen LogP contribution >= 0.6 is 27.7 Å². The molecule has 0 aromatic heterocycles.